The van der Waals surface area contributed by atoms with E-state index in [0.29, 0.717) is 6.01 Å². The first-order chi connectivity index (χ1) is 10.7. The number of aryl methyl sites for hydroxylation is 2. The second kappa shape index (κ2) is 6.64. The van der Waals surface area contributed by atoms with Gasteiger partial charge in [-0.25, -0.2) is 4.98 Å². The van der Waals surface area contributed by atoms with Crippen LogP contribution >= 0.6 is 22.9 Å². The fourth-order valence-electron chi connectivity index (χ4n) is 2.22. The molecule has 3 aromatic rings. The summed E-state index contributed by atoms with van der Waals surface area (Å²) in [5.41, 5.74) is 0.818. The summed E-state index contributed by atoms with van der Waals surface area (Å²) in [4.78, 5) is 9.80. The fourth-order valence-corrected chi connectivity index (χ4v) is 3.27. The molecule has 0 aliphatic heterocycles. The van der Waals surface area contributed by atoms with E-state index < -0.39 is 0 Å². The maximum atomic E-state index is 8.95. The third-order valence-electron chi connectivity index (χ3n) is 3.34. The summed E-state index contributed by atoms with van der Waals surface area (Å²) in [6.07, 6.45) is 5.85. The van der Waals surface area contributed by atoms with E-state index in [1.807, 2.05) is 29.8 Å². The Morgan fingerprint density at radius 2 is 2.23 bits per heavy atom. The van der Waals surface area contributed by atoms with Crippen molar-refractivity contribution < 1.29 is 9.52 Å². The molecule has 0 aromatic carbocycles. The predicted octanol–water partition coefficient (Wildman–Crippen LogP) is 3.87. The highest BCUT2D eigenvalue weighted by molar-refractivity contribution is 7.19. The highest BCUT2D eigenvalue weighted by Crippen LogP contribution is 2.34. The van der Waals surface area contributed by atoms with Gasteiger partial charge in [0.2, 0.25) is 0 Å². The Kier molecular flexibility index (Phi) is 4.61. The molecule has 7 heteroatoms. The summed E-state index contributed by atoms with van der Waals surface area (Å²) in [7, 11) is 0. The van der Waals surface area contributed by atoms with Gasteiger partial charge in [0.05, 0.1) is 9.21 Å². The molecule has 1 N–H and O–H groups in total. The van der Waals surface area contributed by atoms with Crippen molar-refractivity contribution in [1.29, 1.82) is 0 Å². The van der Waals surface area contributed by atoms with E-state index in [1.54, 1.807) is 6.20 Å². The lowest BCUT2D eigenvalue weighted by molar-refractivity contribution is 0.283. The van der Waals surface area contributed by atoms with Crippen LogP contribution < -0.4 is 0 Å². The molecule has 22 heavy (non-hydrogen) atoms. The zero-order valence-electron chi connectivity index (χ0n) is 12.1. The summed E-state index contributed by atoms with van der Waals surface area (Å²) < 4.78 is 8.48. The molecule has 0 unspecified atom stereocenters. The number of rotatable bonds is 6. The van der Waals surface area contributed by atoms with E-state index in [0.717, 1.165) is 45.8 Å². The minimum atomic E-state index is 0.182. The van der Waals surface area contributed by atoms with Crippen LogP contribution in [-0.2, 0) is 6.42 Å². The summed E-state index contributed by atoms with van der Waals surface area (Å²) in [6.45, 7) is 2.08. The highest BCUT2D eigenvalue weighted by Gasteiger charge is 2.18. The molecule has 3 rings (SSSR count). The Bertz CT molecular complexity index is 763. The number of nitrogens with zero attached hydrogens (tertiary/aromatic N) is 3. The van der Waals surface area contributed by atoms with Crippen LogP contribution in [0.1, 0.15) is 24.4 Å². The van der Waals surface area contributed by atoms with Crippen molar-refractivity contribution in [2.24, 2.45) is 0 Å². The normalized spacial score (nSPS) is 11.2. The lowest BCUT2D eigenvalue weighted by Gasteiger charge is -1.98. The van der Waals surface area contributed by atoms with Crippen molar-refractivity contribution in [3.8, 4) is 16.6 Å². The van der Waals surface area contributed by atoms with Gasteiger partial charge in [-0.15, -0.1) is 11.3 Å². The maximum Gasteiger partial charge on any atom is 0.307 e. The Hall–Kier alpha value is -1.63. The van der Waals surface area contributed by atoms with Gasteiger partial charge in [-0.1, -0.05) is 11.6 Å². The van der Waals surface area contributed by atoms with Gasteiger partial charge in [-0.3, -0.25) is 4.57 Å². The molecule has 3 aromatic heterocycles. The molecule has 0 atom stereocenters. The topological polar surface area (TPSA) is 64.1 Å². The van der Waals surface area contributed by atoms with Crippen LogP contribution in [0.5, 0.6) is 0 Å². The smallest absolute Gasteiger partial charge is 0.307 e. The molecular weight excluding hydrogens is 322 g/mol. The second-order valence-corrected chi connectivity index (χ2v) is 6.61. The van der Waals surface area contributed by atoms with Crippen molar-refractivity contribution in [2.75, 3.05) is 6.61 Å². The SMILES string of the molecule is Cc1nccn1-c1nc(-c2ccc(Cl)s2)c(CCCCO)o1. The van der Waals surface area contributed by atoms with Crippen molar-refractivity contribution in [1.82, 2.24) is 14.5 Å². The predicted molar refractivity (Wildman–Crippen MR) is 86.7 cm³/mol. The number of aromatic nitrogens is 3. The second-order valence-electron chi connectivity index (χ2n) is 4.90. The number of unbranched alkanes of at least 4 members (excludes halogenated alkanes) is 1. The largest absolute Gasteiger partial charge is 0.427 e. The Balaban J connectivity index is 1.98. The summed E-state index contributed by atoms with van der Waals surface area (Å²) >= 11 is 7.51. The molecular formula is C15H16ClN3O2S. The van der Waals surface area contributed by atoms with Gasteiger partial charge in [0.25, 0.3) is 0 Å². The number of halogens is 1. The van der Waals surface area contributed by atoms with E-state index in [-0.39, 0.29) is 6.61 Å². The van der Waals surface area contributed by atoms with Crippen LogP contribution in [0.2, 0.25) is 4.34 Å². The zero-order valence-corrected chi connectivity index (χ0v) is 13.7. The molecule has 0 amide bonds. The van der Waals surface area contributed by atoms with E-state index >= 15 is 0 Å². The Morgan fingerprint density at radius 3 is 2.86 bits per heavy atom. The van der Waals surface area contributed by atoms with Gasteiger partial charge in [0.15, 0.2) is 0 Å². The van der Waals surface area contributed by atoms with E-state index in [4.69, 9.17) is 21.1 Å². The van der Waals surface area contributed by atoms with E-state index in [2.05, 4.69) is 9.97 Å². The van der Waals surface area contributed by atoms with Crippen molar-refractivity contribution in [2.45, 2.75) is 26.2 Å². The number of oxazole rings is 1. The van der Waals surface area contributed by atoms with Crippen molar-refractivity contribution in [3.63, 3.8) is 0 Å². The third-order valence-corrected chi connectivity index (χ3v) is 4.57. The molecule has 0 aliphatic rings. The lowest BCUT2D eigenvalue weighted by Crippen LogP contribution is -1.95. The van der Waals surface area contributed by atoms with Gasteiger partial charge < -0.3 is 9.52 Å². The number of hydrogen-bond acceptors (Lipinski definition) is 5. The number of imidazole rings is 1. The standard InChI is InChI=1S/C15H16ClN3O2S/c1-10-17-7-8-19(10)15-18-14(12-5-6-13(16)22-12)11(21-15)4-2-3-9-20/h5-8,20H,2-4,9H2,1H3. The number of aliphatic hydroxyl groups excluding tert-OH is 1. The van der Waals surface area contributed by atoms with Crippen LogP contribution in [0.3, 0.4) is 0 Å². The summed E-state index contributed by atoms with van der Waals surface area (Å²) in [6, 6.07) is 4.31. The molecule has 116 valence electrons. The van der Waals surface area contributed by atoms with Crippen molar-refractivity contribution >= 4 is 22.9 Å². The number of hydrogen-bond donors (Lipinski definition) is 1. The zero-order chi connectivity index (χ0) is 15.5. The average Bonchev–Trinajstić information content (AvgIpc) is 3.19. The van der Waals surface area contributed by atoms with Crippen LogP contribution in [0.4, 0.5) is 0 Å². The quantitative estimate of drug-likeness (QED) is 0.693. The minimum Gasteiger partial charge on any atom is -0.427 e. The first kappa shape index (κ1) is 15.3. The first-order valence-corrected chi connectivity index (χ1v) is 8.25. The summed E-state index contributed by atoms with van der Waals surface area (Å²) in [5.74, 6) is 1.63. The monoisotopic (exact) mass is 337 g/mol. The Labute approximate surface area is 137 Å². The lowest BCUT2D eigenvalue weighted by atomic mass is 10.1. The number of thiophene rings is 1. The third kappa shape index (κ3) is 3.09. The van der Waals surface area contributed by atoms with Gasteiger partial charge >= 0.3 is 6.01 Å². The molecule has 0 aliphatic carbocycles. The van der Waals surface area contributed by atoms with Gasteiger partial charge in [-0.2, -0.15) is 4.98 Å². The van der Waals surface area contributed by atoms with Gasteiger partial charge in [0, 0.05) is 25.4 Å². The average molecular weight is 338 g/mol. The maximum absolute atomic E-state index is 8.95. The molecule has 0 radical (unpaired) electrons. The van der Waals surface area contributed by atoms with Crippen molar-refractivity contribution in [3.05, 3.63) is 40.4 Å². The van der Waals surface area contributed by atoms with Crippen LogP contribution in [0.25, 0.3) is 16.6 Å². The van der Waals surface area contributed by atoms with Crippen LogP contribution in [0, 0.1) is 6.92 Å². The molecule has 0 spiro atoms. The number of aliphatic hydroxyl groups is 1. The molecule has 0 saturated carbocycles. The fraction of sp³-hybridized carbons (Fsp3) is 0.333. The van der Waals surface area contributed by atoms with E-state index in [1.165, 1.54) is 11.3 Å². The highest BCUT2D eigenvalue weighted by atomic mass is 35.5. The first-order valence-electron chi connectivity index (χ1n) is 7.05. The molecule has 3 heterocycles. The molecule has 5 nitrogen and oxygen atoms in total. The minimum absolute atomic E-state index is 0.182. The molecule has 0 saturated heterocycles. The summed E-state index contributed by atoms with van der Waals surface area (Å²) in [5, 5.41) is 8.95. The van der Waals surface area contributed by atoms with Crippen LogP contribution in [-0.4, -0.2) is 26.2 Å². The molecule has 0 bridgehead atoms. The van der Waals surface area contributed by atoms with E-state index in [9.17, 15) is 0 Å². The van der Waals surface area contributed by atoms with Crippen LogP contribution in [0.15, 0.2) is 28.9 Å². The van der Waals surface area contributed by atoms with Gasteiger partial charge in [-0.05, 0) is 31.9 Å². The Morgan fingerprint density at radius 1 is 1.36 bits per heavy atom. The van der Waals surface area contributed by atoms with Gasteiger partial charge in [0.1, 0.15) is 17.3 Å². The molecule has 0 fully saturated rings.